The molecule has 2 heterocycles. The highest BCUT2D eigenvalue weighted by molar-refractivity contribution is 9.10. The average Bonchev–Trinajstić information content (AvgIpc) is 2.72. The second kappa shape index (κ2) is 4.04. The lowest BCUT2D eigenvalue weighted by Gasteiger charge is -2.16. The standard InChI is InChI=1S/C8H11BrN2OS/c9-8-7(13-4-11-8)6(12)5-2-1-3-10-5/h4-6,10,12H,1-3H2. The first-order valence-corrected chi connectivity index (χ1v) is 5.96. The maximum atomic E-state index is 9.97. The van der Waals surface area contributed by atoms with Gasteiger partial charge in [-0.05, 0) is 35.3 Å². The van der Waals surface area contributed by atoms with Gasteiger partial charge in [0.25, 0.3) is 0 Å². The Hall–Kier alpha value is 0.0300. The van der Waals surface area contributed by atoms with E-state index in [1.54, 1.807) is 5.51 Å². The van der Waals surface area contributed by atoms with E-state index in [0.29, 0.717) is 0 Å². The molecule has 1 fully saturated rings. The van der Waals surface area contributed by atoms with E-state index < -0.39 is 6.10 Å². The fourth-order valence-electron chi connectivity index (χ4n) is 1.60. The van der Waals surface area contributed by atoms with Gasteiger partial charge in [0.1, 0.15) is 10.7 Å². The van der Waals surface area contributed by atoms with E-state index in [1.807, 2.05) is 0 Å². The molecular formula is C8H11BrN2OS. The molecule has 2 N–H and O–H groups in total. The van der Waals surface area contributed by atoms with E-state index in [-0.39, 0.29) is 6.04 Å². The number of aliphatic hydroxyl groups excluding tert-OH is 1. The van der Waals surface area contributed by atoms with Crippen LogP contribution in [0.25, 0.3) is 0 Å². The summed E-state index contributed by atoms with van der Waals surface area (Å²) in [7, 11) is 0. The zero-order chi connectivity index (χ0) is 9.26. The monoisotopic (exact) mass is 262 g/mol. The quantitative estimate of drug-likeness (QED) is 0.853. The molecule has 1 aliphatic rings. The summed E-state index contributed by atoms with van der Waals surface area (Å²) in [4.78, 5) is 4.99. The summed E-state index contributed by atoms with van der Waals surface area (Å²) in [6.45, 7) is 1.01. The van der Waals surface area contributed by atoms with Crippen molar-refractivity contribution in [2.24, 2.45) is 0 Å². The van der Waals surface area contributed by atoms with Crippen LogP contribution in [0.4, 0.5) is 0 Å². The van der Waals surface area contributed by atoms with Crippen molar-refractivity contribution in [2.75, 3.05) is 6.54 Å². The maximum Gasteiger partial charge on any atom is 0.122 e. The van der Waals surface area contributed by atoms with Crippen LogP contribution < -0.4 is 5.32 Å². The van der Waals surface area contributed by atoms with Crippen molar-refractivity contribution in [1.29, 1.82) is 0 Å². The number of aromatic nitrogens is 1. The number of nitrogens with zero attached hydrogens (tertiary/aromatic N) is 1. The Labute approximate surface area is 89.3 Å². The number of thiazole rings is 1. The van der Waals surface area contributed by atoms with E-state index in [4.69, 9.17) is 0 Å². The third-order valence-electron chi connectivity index (χ3n) is 2.30. The Morgan fingerprint density at radius 2 is 2.62 bits per heavy atom. The van der Waals surface area contributed by atoms with Crippen molar-refractivity contribution in [3.8, 4) is 0 Å². The molecular weight excluding hydrogens is 252 g/mol. The Kier molecular flexibility index (Phi) is 2.98. The highest BCUT2D eigenvalue weighted by Crippen LogP contribution is 2.31. The van der Waals surface area contributed by atoms with E-state index in [2.05, 4.69) is 26.2 Å². The van der Waals surface area contributed by atoms with Crippen LogP contribution in [0.2, 0.25) is 0 Å². The highest BCUT2D eigenvalue weighted by atomic mass is 79.9. The highest BCUT2D eigenvalue weighted by Gasteiger charge is 2.26. The largest absolute Gasteiger partial charge is 0.386 e. The molecule has 0 aromatic carbocycles. The Morgan fingerprint density at radius 1 is 1.77 bits per heavy atom. The van der Waals surface area contributed by atoms with Gasteiger partial charge in [0, 0.05) is 6.04 Å². The van der Waals surface area contributed by atoms with Gasteiger partial charge in [0.2, 0.25) is 0 Å². The summed E-state index contributed by atoms with van der Waals surface area (Å²) >= 11 is 4.82. The second-order valence-corrected chi connectivity index (χ2v) is 4.79. The molecule has 0 aliphatic carbocycles. The van der Waals surface area contributed by atoms with Gasteiger partial charge in [-0.2, -0.15) is 0 Å². The number of rotatable bonds is 2. The van der Waals surface area contributed by atoms with E-state index in [9.17, 15) is 5.11 Å². The molecule has 0 radical (unpaired) electrons. The number of halogens is 1. The van der Waals surface area contributed by atoms with Crippen molar-refractivity contribution >= 4 is 27.3 Å². The fourth-order valence-corrected chi connectivity index (χ4v) is 3.08. The maximum absolute atomic E-state index is 9.97. The first-order valence-electron chi connectivity index (χ1n) is 4.29. The van der Waals surface area contributed by atoms with E-state index in [1.165, 1.54) is 11.3 Å². The minimum Gasteiger partial charge on any atom is -0.386 e. The minimum absolute atomic E-state index is 0.205. The third-order valence-corrected chi connectivity index (χ3v) is 4.09. The van der Waals surface area contributed by atoms with Gasteiger partial charge in [-0.25, -0.2) is 4.98 Å². The lowest BCUT2D eigenvalue weighted by molar-refractivity contribution is 0.140. The molecule has 1 aromatic rings. The minimum atomic E-state index is -0.413. The normalized spacial score (nSPS) is 24.9. The zero-order valence-electron chi connectivity index (χ0n) is 7.03. The number of nitrogens with one attached hydrogen (secondary N) is 1. The van der Waals surface area contributed by atoms with Crippen molar-refractivity contribution in [1.82, 2.24) is 10.3 Å². The van der Waals surface area contributed by atoms with Gasteiger partial charge >= 0.3 is 0 Å². The number of aliphatic hydroxyl groups is 1. The molecule has 2 atom stereocenters. The second-order valence-electron chi connectivity index (χ2n) is 3.16. The van der Waals surface area contributed by atoms with Crippen molar-refractivity contribution < 1.29 is 5.11 Å². The summed E-state index contributed by atoms with van der Waals surface area (Å²) < 4.78 is 0.777. The average molecular weight is 263 g/mol. The van der Waals surface area contributed by atoms with Crippen LogP contribution in [0.5, 0.6) is 0 Å². The first-order chi connectivity index (χ1) is 6.29. The lowest BCUT2D eigenvalue weighted by atomic mass is 10.1. The molecule has 0 bridgehead atoms. The molecule has 5 heteroatoms. The van der Waals surface area contributed by atoms with Gasteiger partial charge in [-0.1, -0.05) is 0 Å². The van der Waals surface area contributed by atoms with Crippen LogP contribution >= 0.6 is 27.3 Å². The van der Waals surface area contributed by atoms with Crippen LogP contribution in [0.15, 0.2) is 10.1 Å². The van der Waals surface area contributed by atoms with E-state index in [0.717, 1.165) is 28.9 Å². The summed E-state index contributed by atoms with van der Waals surface area (Å²) in [5, 5.41) is 13.2. The van der Waals surface area contributed by atoms with Crippen LogP contribution in [-0.2, 0) is 0 Å². The van der Waals surface area contributed by atoms with Gasteiger partial charge in [0.15, 0.2) is 0 Å². The van der Waals surface area contributed by atoms with Crippen LogP contribution in [-0.4, -0.2) is 22.7 Å². The molecule has 0 amide bonds. The van der Waals surface area contributed by atoms with Crippen molar-refractivity contribution in [2.45, 2.75) is 25.0 Å². The smallest absolute Gasteiger partial charge is 0.122 e. The molecule has 0 spiro atoms. The third kappa shape index (κ3) is 1.93. The molecule has 0 saturated carbocycles. The molecule has 2 rings (SSSR count). The van der Waals surface area contributed by atoms with Gasteiger partial charge < -0.3 is 10.4 Å². The molecule has 2 unspecified atom stereocenters. The summed E-state index contributed by atoms with van der Waals surface area (Å²) in [5.74, 6) is 0. The number of hydrogen-bond acceptors (Lipinski definition) is 4. The van der Waals surface area contributed by atoms with E-state index >= 15 is 0 Å². The fraction of sp³-hybridized carbons (Fsp3) is 0.625. The van der Waals surface area contributed by atoms with Crippen LogP contribution in [0, 0.1) is 0 Å². The number of hydrogen-bond donors (Lipinski definition) is 2. The first kappa shape index (κ1) is 9.58. The van der Waals surface area contributed by atoms with Gasteiger partial charge in [-0.15, -0.1) is 11.3 Å². The molecule has 1 aliphatic heterocycles. The summed E-state index contributed by atoms with van der Waals surface area (Å²) in [6.07, 6.45) is 1.79. The SMILES string of the molecule is OC(c1scnc1Br)C1CCCN1. The topological polar surface area (TPSA) is 45.2 Å². The molecule has 13 heavy (non-hydrogen) atoms. The van der Waals surface area contributed by atoms with Gasteiger partial charge in [-0.3, -0.25) is 0 Å². The van der Waals surface area contributed by atoms with Crippen molar-refractivity contribution in [3.05, 3.63) is 15.0 Å². The van der Waals surface area contributed by atoms with Crippen molar-refractivity contribution in [3.63, 3.8) is 0 Å². The molecule has 72 valence electrons. The predicted molar refractivity (Wildman–Crippen MR) is 55.8 cm³/mol. The Morgan fingerprint density at radius 3 is 3.15 bits per heavy atom. The molecule has 1 aromatic heterocycles. The zero-order valence-corrected chi connectivity index (χ0v) is 9.44. The lowest BCUT2D eigenvalue weighted by Crippen LogP contribution is -2.28. The Balaban J connectivity index is 2.12. The summed E-state index contributed by atoms with van der Waals surface area (Å²) in [5.41, 5.74) is 1.75. The summed E-state index contributed by atoms with van der Waals surface area (Å²) in [6, 6.07) is 0.205. The Bertz CT molecular complexity index is 285. The van der Waals surface area contributed by atoms with Gasteiger partial charge in [0.05, 0.1) is 10.4 Å². The van der Waals surface area contributed by atoms with Crippen LogP contribution in [0.1, 0.15) is 23.8 Å². The molecule has 3 nitrogen and oxygen atoms in total. The molecule has 1 saturated heterocycles. The van der Waals surface area contributed by atoms with Crippen LogP contribution in [0.3, 0.4) is 0 Å². The predicted octanol–water partition coefficient (Wildman–Crippen LogP) is 1.69.